The highest BCUT2D eigenvalue weighted by atomic mass is 16.5. The first-order chi connectivity index (χ1) is 10.1. The smallest absolute Gasteiger partial charge is 0.326 e. The third-order valence-electron chi connectivity index (χ3n) is 3.57. The van der Waals surface area contributed by atoms with E-state index < -0.39 is 12.0 Å². The first kappa shape index (κ1) is 15.5. The zero-order chi connectivity index (χ0) is 15.2. The van der Waals surface area contributed by atoms with Gasteiger partial charge in [0.25, 0.3) is 0 Å². The van der Waals surface area contributed by atoms with E-state index in [2.05, 4.69) is 9.97 Å². The Hall–Kier alpha value is -1.85. The van der Waals surface area contributed by atoms with Crippen LogP contribution in [0.15, 0.2) is 6.07 Å². The highest BCUT2D eigenvalue weighted by molar-refractivity contribution is 5.77. The average molecular weight is 293 g/mol. The topological polar surface area (TPSA) is 75.5 Å². The number of hydrogen-bond donors (Lipinski definition) is 1. The summed E-state index contributed by atoms with van der Waals surface area (Å²) >= 11 is 0. The number of carboxylic acid groups (broad SMARTS) is 1. The standard InChI is InChI=1S/C15H23N3O3/c1-3-9-21-13-10-11(2)16-15(17-13)18-8-6-4-5-7-12(18)14(19)20/h10,12H,3-9H2,1-2H3,(H,19,20). The Morgan fingerprint density at radius 3 is 2.95 bits per heavy atom. The maximum absolute atomic E-state index is 11.5. The van der Waals surface area contributed by atoms with Crippen LogP contribution in [0.25, 0.3) is 0 Å². The van der Waals surface area contributed by atoms with Crippen LogP contribution in [0.1, 0.15) is 44.7 Å². The van der Waals surface area contributed by atoms with Gasteiger partial charge in [0.2, 0.25) is 11.8 Å². The molecule has 0 amide bonds. The Labute approximate surface area is 125 Å². The Morgan fingerprint density at radius 2 is 2.24 bits per heavy atom. The summed E-state index contributed by atoms with van der Waals surface area (Å²) in [5.41, 5.74) is 0.791. The lowest BCUT2D eigenvalue weighted by molar-refractivity contribution is -0.138. The molecule has 1 unspecified atom stereocenters. The molecule has 0 radical (unpaired) electrons. The second-order valence-corrected chi connectivity index (χ2v) is 5.39. The van der Waals surface area contributed by atoms with Gasteiger partial charge < -0.3 is 14.7 Å². The van der Waals surface area contributed by atoms with Gasteiger partial charge in [-0.05, 0) is 26.2 Å². The predicted octanol–water partition coefficient (Wildman–Crippen LogP) is 2.41. The van der Waals surface area contributed by atoms with Crippen molar-refractivity contribution in [2.45, 2.75) is 52.0 Å². The van der Waals surface area contributed by atoms with Gasteiger partial charge in [-0.2, -0.15) is 4.98 Å². The van der Waals surface area contributed by atoms with Gasteiger partial charge in [0, 0.05) is 18.3 Å². The Balaban J connectivity index is 2.28. The molecule has 1 aliphatic rings. The van der Waals surface area contributed by atoms with Crippen molar-refractivity contribution in [3.05, 3.63) is 11.8 Å². The van der Waals surface area contributed by atoms with Crippen LogP contribution in [0, 0.1) is 6.92 Å². The van der Waals surface area contributed by atoms with Gasteiger partial charge in [-0.25, -0.2) is 9.78 Å². The van der Waals surface area contributed by atoms with Crippen LogP contribution in [0.3, 0.4) is 0 Å². The van der Waals surface area contributed by atoms with Crippen LogP contribution in [-0.2, 0) is 4.79 Å². The maximum Gasteiger partial charge on any atom is 0.326 e. The van der Waals surface area contributed by atoms with Gasteiger partial charge in [0.1, 0.15) is 6.04 Å². The molecule has 1 N–H and O–H groups in total. The summed E-state index contributed by atoms with van der Waals surface area (Å²) in [4.78, 5) is 22.1. The zero-order valence-electron chi connectivity index (χ0n) is 12.7. The monoisotopic (exact) mass is 293 g/mol. The second-order valence-electron chi connectivity index (χ2n) is 5.39. The molecule has 116 valence electrons. The van der Waals surface area contributed by atoms with Gasteiger partial charge in [0.15, 0.2) is 0 Å². The van der Waals surface area contributed by atoms with Crippen molar-refractivity contribution in [3.63, 3.8) is 0 Å². The van der Waals surface area contributed by atoms with Gasteiger partial charge >= 0.3 is 5.97 Å². The van der Waals surface area contributed by atoms with E-state index in [4.69, 9.17) is 4.74 Å². The molecular weight excluding hydrogens is 270 g/mol. The predicted molar refractivity (Wildman–Crippen MR) is 79.8 cm³/mol. The first-order valence-corrected chi connectivity index (χ1v) is 7.59. The quantitative estimate of drug-likeness (QED) is 0.898. The molecule has 1 aliphatic heterocycles. The molecule has 1 atom stereocenters. The SMILES string of the molecule is CCCOc1cc(C)nc(N2CCCCCC2C(=O)O)n1. The van der Waals surface area contributed by atoms with Crippen molar-refractivity contribution in [3.8, 4) is 5.88 Å². The van der Waals surface area contributed by atoms with Crippen LogP contribution in [-0.4, -0.2) is 40.2 Å². The number of anilines is 1. The van der Waals surface area contributed by atoms with Gasteiger partial charge in [-0.1, -0.05) is 19.8 Å². The maximum atomic E-state index is 11.5. The van der Waals surface area contributed by atoms with Crippen LogP contribution in [0.4, 0.5) is 5.95 Å². The van der Waals surface area contributed by atoms with Crippen molar-refractivity contribution >= 4 is 11.9 Å². The summed E-state index contributed by atoms with van der Waals surface area (Å²) in [6.07, 6.45) is 4.48. The van der Waals surface area contributed by atoms with E-state index in [1.165, 1.54) is 0 Å². The molecule has 1 aromatic rings. The number of carboxylic acids is 1. The fourth-order valence-corrected chi connectivity index (χ4v) is 2.54. The van der Waals surface area contributed by atoms with E-state index in [0.717, 1.165) is 31.4 Å². The number of aromatic nitrogens is 2. The van der Waals surface area contributed by atoms with E-state index in [9.17, 15) is 9.90 Å². The fourth-order valence-electron chi connectivity index (χ4n) is 2.54. The number of rotatable bonds is 5. The van der Waals surface area contributed by atoms with Crippen LogP contribution in [0.2, 0.25) is 0 Å². The van der Waals surface area contributed by atoms with Crippen LogP contribution >= 0.6 is 0 Å². The molecule has 0 saturated carbocycles. The molecule has 21 heavy (non-hydrogen) atoms. The Bertz CT molecular complexity index is 493. The minimum Gasteiger partial charge on any atom is -0.480 e. The number of carbonyl (C=O) groups is 1. The second kappa shape index (κ2) is 7.24. The van der Waals surface area contributed by atoms with Crippen molar-refractivity contribution in [2.75, 3.05) is 18.1 Å². The van der Waals surface area contributed by atoms with Gasteiger partial charge in [0.05, 0.1) is 6.61 Å². The van der Waals surface area contributed by atoms with E-state index in [0.29, 0.717) is 31.4 Å². The van der Waals surface area contributed by atoms with Gasteiger partial charge in [-0.3, -0.25) is 0 Å². The molecule has 1 saturated heterocycles. The number of aliphatic carboxylic acids is 1. The molecule has 6 heteroatoms. The fraction of sp³-hybridized carbons (Fsp3) is 0.667. The first-order valence-electron chi connectivity index (χ1n) is 7.59. The summed E-state index contributed by atoms with van der Waals surface area (Å²) in [5, 5.41) is 9.45. The normalized spacial score (nSPS) is 19.1. The van der Waals surface area contributed by atoms with Crippen molar-refractivity contribution in [2.24, 2.45) is 0 Å². The van der Waals surface area contributed by atoms with Crippen LogP contribution < -0.4 is 9.64 Å². The van der Waals surface area contributed by atoms with E-state index in [-0.39, 0.29) is 0 Å². The summed E-state index contributed by atoms with van der Waals surface area (Å²) in [6.45, 7) is 5.17. The van der Waals surface area contributed by atoms with E-state index in [1.54, 1.807) is 11.0 Å². The van der Waals surface area contributed by atoms with Crippen molar-refractivity contribution in [1.29, 1.82) is 0 Å². The molecule has 0 spiro atoms. The highest BCUT2D eigenvalue weighted by Crippen LogP contribution is 2.23. The number of nitrogens with zero attached hydrogens (tertiary/aromatic N) is 3. The van der Waals surface area contributed by atoms with Gasteiger partial charge in [-0.15, -0.1) is 0 Å². The zero-order valence-corrected chi connectivity index (χ0v) is 12.7. The minimum absolute atomic E-state index is 0.468. The lowest BCUT2D eigenvalue weighted by Crippen LogP contribution is -2.42. The molecule has 6 nitrogen and oxygen atoms in total. The third kappa shape index (κ3) is 4.06. The average Bonchev–Trinajstić information content (AvgIpc) is 2.70. The Kier molecular flexibility index (Phi) is 5.36. The van der Waals surface area contributed by atoms with Crippen molar-refractivity contribution < 1.29 is 14.6 Å². The molecule has 0 aromatic carbocycles. The van der Waals surface area contributed by atoms with E-state index >= 15 is 0 Å². The summed E-state index contributed by atoms with van der Waals surface area (Å²) < 4.78 is 5.57. The highest BCUT2D eigenvalue weighted by Gasteiger charge is 2.29. The summed E-state index contributed by atoms with van der Waals surface area (Å²) in [6, 6.07) is 1.24. The molecule has 1 aromatic heterocycles. The largest absolute Gasteiger partial charge is 0.480 e. The lowest BCUT2D eigenvalue weighted by Gasteiger charge is -2.27. The number of ether oxygens (including phenoxy) is 1. The molecule has 2 rings (SSSR count). The molecule has 0 aliphatic carbocycles. The van der Waals surface area contributed by atoms with Crippen LogP contribution in [0.5, 0.6) is 5.88 Å². The number of aryl methyl sites for hydroxylation is 1. The Morgan fingerprint density at radius 1 is 1.43 bits per heavy atom. The summed E-state index contributed by atoms with van der Waals surface area (Å²) in [7, 11) is 0. The molecule has 2 heterocycles. The third-order valence-corrected chi connectivity index (χ3v) is 3.57. The minimum atomic E-state index is -0.807. The van der Waals surface area contributed by atoms with Crippen molar-refractivity contribution in [1.82, 2.24) is 9.97 Å². The van der Waals surface area contributed by atoms with E-state index in [1.807, 2.05) is 13.8 Å². The number of hydrogen-bond acceptors (Lipinski definition) is 5. The summed E-state index contributed by atoms with van der Waals surface area (Å²) in [5.74, 6) is 0.182. The lowest BCUT2D eigenvalue weighted by atomic mass is 10.1. The molecular formula is C15H23N3O3. The molecule has 0 bridgehead atoms. The molecule has 1 fully saturated rings.